The fourth-order valence-electron chi connectivity index (χ4n) is 2.14. The average molecular weight is 352 g/mol. The zero-order chi connectivity index (χ0) is 15.8. The molecule has 3 nitrogen and oxygen atoms in total. The van der Waals surface area contributed by atoms with E-state index in [1.54, 1.807) is 12.1 Å². The molecule has 0 saturated carbocycles. The molecule has 0 radical (unpaired) electrons. The standard InChI is InChI=1S/C16H19BrFN3/c1-9(2)13-12(17)14(19)21-15(20-13)16(3,4)10-5-7-11(18)8-6-10/h5-9H,1-4H3,(H2,19,20,21). The van der Waals surface area contributed by atoms with E-state index in [-0.39, 0.29) is 11.7 Å². The van der Waals surface area contributed by atoms with Crippen LogP contribution >= 0.6 is 15.9 Å². The van der Waals surface area contributed by atoms with E-state index in [1.165, 1.54) is 12.1 Å². The molecule has 0 bridgehead atoms. The number of hydrogen-bond donors (Lipinski definition) is 1. The molecule has 1 aromatic carbocycles. The average Bonchev–Trinajstić information content (AvgIpc) is 2.41. The van der Waals surface area contributed by atoms with Crippen molar-refractivity contribution < 1.29 is 4.39 Å². The van der Waals surface area contributed by atoms with E-state index in [0.29, 0.717) is 11.6 Å². The fourth-order valence-corrected chi connectivity index (χ4v) is 2.78. The number of anilines is 1. The first kappa shape index (κ1) is 15.9. The topological polar surface area (TPSA) is 51.8 Å². The molecule has 0 aliphatic rings. The van der Waals surface area contributed by atoms with Crippen LogP contribution in [0.2, 0.25) is 0 Å². The lowest BCUT2D eigenvalue weighted by molar-refractivity contribution is 0.576. The Bertz CT molecular complexity index is 651. The van der Waals surface area contributed by atoms with Gasteiger partial charge in [-0.15, -0.1) is 0 Å². The Morgan fingerprint density at radius 1 is 1.14 bits per heavy atom. The fraction of sp³-hybridized carbons (Fsp3) is 0.375. The molecular formula is C16H19BrFN3. The molecule has 0 aliphatic carbocycles. The summed E-state index contributed by atoms with van der Waals surface area (Å²) in [5, 5.41) is 0. The predicted octanol–water partition coefficient (Wildman–Crippen LogP) is 4.41. The van der Waals surface area contributed by atoms with Crippen LogP contribution in [0.4, 0.5) is 10.2 Å². The molecule has 0 saturated heterocycles. The smallest absolute Gasteiger partial charge is 0.141 e. The monoisotopic (exact) mass is 351 g/mol. The number of aromatic nitrogens is 2. The van der Waals surface area contributed by atoms with Crippen molar-refractivity contribution in [2.45, 2.75) is 39.0 Å². The molecule has 2 N–H and O–H groups in total. The lowest BCUT2D eigenvalue weighted by Gasteiger charge is -2.25. The summed E-state index contributed by atoms with van der Waals surface area (Å²) in [7, 11) is 0. The third kappa shape index (κ3) is 3.07. The van der Waals surface area contributed by atoms with Gasteiger partial charge in [0, 0.05) is 5.41 Å². The first-order valence-electron chi connectivity index (χ1n) is 6.83. The van der Waals surface area contributed by atoms with Crippen molar-refractivity contribution in [3.63, 3.8) is 0 Å². The van der Waals surface area contributed by atoms with Crippen molar-refractivity contribution in [2.24, 2.45) is 0 Å². The second kappa shape index (κ2) is 5.72. The molecule has 2 rings (SSSR count). The predicted molar refractivity (Wildman–Crippen MR) is 86.8 cm³/mol. The van der Waals surface area contributed by atoms with Crippen LogP contribution in [-0.4, -0.2) is 9.97 Å². The van der Waals surface area contributed by atoms with Crippen molar-refractivity contribution in [1.82, 2.24) is 9.97 Å². The van der Waals surface area contributed by atoms with Crippen molar-refractivity contribution >= 4 is 21.7 Å². The van der Waals surface area contributed by atoms with E-state index in [4.69, 9.17) is 5.73 Å². The van der Waals surface area contributed by atoms with Gasteiger partial charge in [-0.05, 0) is 53.4 Å². The molecule has 0 aliphatic heterocycles. The molecule has 0 amide bonds. The van der Waals surface area contributed by atoms with E-state index < -0.39 is 5.41 Å². The number of benzene rings is 1. The lowest BCUT2D eigenvalue weighted by Crippen LogP contribution is -2.24. The number of rotatable bonds is 3. The van der Waals surface area contributed by atoms with Gasteiger partial charge >= 0.3 is 0 Å². The summed E-state index contributed by atoms with van der Waals surface area (Å²) in [4.78, 5) is 9.08. The van der Waals surface area contributed by atoms with Crippen molar-refractivity contribution in [3.8, 4) is 0 Å². The summed E-state index contributed by atoms with van der Waals surface area (Å²) < 4.78 is 13.9. The van der Waals surface area contributed by atoms with E-state index in [0.717, 1.165) is 15.7 Å². The Morgan fingerprint density at radius 2 is 1.71 bits per heavy atom. The molecule has 21 heavy (non-hydrogen) atoms. The summed E-state index contributed by atoms with van der Waals surface area (Å²) in [5.74, 6) is 1.04. The summed E-state index contributed by atoms with van der Waals surface area (Å²) in [5.41, 5.74) is 7.37. The van der Waals surface area contributed by atoms with Gasteiger partial charge in [-0.3, -0.25) is 0 Å². The normalized spacial score (nSPS) is 12.0. The Kier molecular flexibility index (Phi) is 4.33. The van der Waals surface area contributed by atoms with Gasteiger partial charge in [0.05, 0.1) is 10.2 Å². The van der Waals surface area contributed by atoms with Crippen LogP contribution in [0.15, 0.2) is 28.7 Å². The molecule has 2 aromatic rings. The van der Waals surface area contributed by atoms with Gasteiger partial charge in [0.1, 0.15) is 17.5 Å². The highest BCUT2D eigenvalue weighted by Gasteiger charge is 2.28. The first-order chi connectivity index (χ1) is 9.73. The molecule has 0 unspecified atom stereocenters. The van der Waals surface area contributed by atoms with Gasteiger partial charge in [-0.1, -0.05) is 26.0 Å². The number of nitrogens with zero attached hydrogens (tertiary/aromatic N) is 2. The minimum atomic E-state index is -0.452. The third-order valence-electron chi connectivity index (χ3n) is 3.57. The number of hydrogen-bond acceptors (Lipinski definition) is 3. The van der Waals surface area contributed by atoms with Crippen molar-refractivity contribution in [1.29, 1.82) is 0 Å². The SMILES string of the molecule is CC(C)c1nc(C(C)(C)c2ccc(F)cc2)nc(N)c1Br. The highest BCUT2D eigenvalue weighted by molar-refractivity contribution is 9.10. The van der Waals surface area contributed by atoms with Crippen LogP contribution in [0, 0.1) is 5.82 Å². The molecule has 1 aromatic heterocycles. The zero-order valence-corrected chi connectivity index (χ0v) is 14.2. The Hall–Kier alpha value is -1.49. The van der Waals surface area contributed by atoms with Crippen LogP contribution in [0.25, 0.3) is 0 Å². The van der Waals surface area contributed by atoms with Gasteiger partial charge in [0.15, 0.2) is 0 Å². The van der Waals surface area contributed by atoms with Crippen LogP contribution in [0.3, 0.4) is 0 Å². The van der Waals surface area contributed by atoms with Gasteiger partial charge in [-0.25, -0.2) is 14.4 Å². The largest absolute Gasteiger partial charge is 0.383 e. The van der Waals surface area contributed by atoms with Gasteiger partial charge in [0.25, 0.3) is 0 Å². The second-order valence-electron chi connectivity index (χ2n) is 5.92. The maximum Gasteiger partial charge on any atom is 0.141 e. The zero-order valence-electron chi connectivity index (χ0n) is 12.6. The highest BCUT2D eigenvalue weighted by Crippen LogP contribution is 2.34. The maximum atomic E-state index is 13.1. The van der Waals surface area contributed by atoms with Crippen LogP contribution < -0.4 is 5.73 Å². The molecule has 0 atom stereocenters. The quantitative estimate of drug-likeness (QED) is 0.890. The van der Waals surface area contributed by atoms with Gasteiger partial charge in [0.2, 0.25) is 0 Å². The molecule has 5 heteroatoms. The maximum absolute atomic E-state index is 13.1. The molecular weight excluding hydrogens is 333 g/mol. The Balaban J connectivity index is 2.56. The number of nitrogens with two attached hydrogens (primary N) is 1. The molecule has 1 heterocycles. The Labute approximate surface area is 132 Å². The summed E-state index contributed by atoms with van der Waals surface area (Å²) in [6.45, 7) is 8.13. The van der Waals surface area contributed by atoms with Gasteiger partial charge in [-0.2, -0.15) is 0 Å². The number of halogens is 2. The van der Waals surface area contributed by atoms with Crippen molar-refractivity contribution in [2.75, 3.05) is 5.73 Å². The summed E-state index contributed by atoms with van der Waals surface area (Å²) in [6.07, 6.45) is 0. The molecule has 0 spiro atoms. The Morgan fingerprint density at radius 3 is 2.24 bits per heavy atom. The first-order valence-corrected chi connectivity index (χ1v) is 7.62. The third-order valence-corrected chi connectivity index (χ3v) is 4.39. The number of nitrogen functional groups attached to an aromatic ring is 1. The van der Waals surface area contributed by atoms with E-state index in [1.807, 2.05) is 13.8 Å². The van der Waals surface area contributed by atoms with E-state index >= 15 is 0 Å². The summed E-state index contributed by atoms with van der Waals surface area (Å²) in [6, 6.07) is 6.41. The van der Waals surface area contributed by atoms with E-state index in [2.05, 4.69) is 39.7 Å². The van der Waals surface area contributed by atoms with Crippen LogP contribution in [0.1, 0.15) is 50.7 Å². The minimum Gasteiger partial charge on any atom is -0.383 e. The van der Waals surface area contributed by atoms with Crippen LogP contribution in [0.5, 0.6) is 0 Å². The molecule has 0 fully saturated rings. The van der Waals surface area contributed by atoms with Crippen molar-refractivity contribution in [3.05, 3.63) is 51.6 Å². The van der Waals surface area contributed by atoms with E-state index in [9.17, 15) is 4.39 Å². The lowest BCUT2D eigenvalue weighted by atomic mass is 9.83. The minimum absolute atomic E-state index is 0.229. The summed E-state index contributed by atoms with van der Waals surface area (Å²) >= 11 is 3.45. The van der Waals surface area contributed by atoms with Gasteiger partial charge < -0.3 is 5.73 Å². The van der Waals surface area contributed by atoms with Crippen LogP contribution in [-0.2, 0) is 5.41 Å². The molecule has 112 valence electrons. The highest BCUT2D eigenvalue weighted by atomic mass is 79.9. The second-order valence-corrected chi connectivity index (χ2v) is 6.71.